The van der Waals surface area contributed by atoms with Crippen LogP contribution >= 0.6 is 0 Å². The van der Waals surface area contributed by atoms with Crippen LogP contribution in [0.1, 0.15) is 5.56 Å². The van der Waals surface area contributed by atoms with Crippen LogP contribution < -0.4 is 5.32 Å². The van der Waals surface area contributed by atoms with Gasteiger partial charge in [0.25, 0.3) is 0 Å². The van der Waals surface area contributed by atoms with Crippen molar-refractivity contribution in [2.45, 2.75) is 13.5 Å². The van der Waals surface area contributed by atoms with Gasteiger partial charge < -0.3 is 9.88 Å². The molecule has 4 aromatic rings. The SMILES string of the molecule is Cc1ccc(-c2cccc(NC(=O)Cn3cnc4ccccc43)c2)nc1. The number of hydrogen-bond acceptors (Lipinski definition) is 3. The van der Waals surface area contributed by atoms with Crippen molar-refractivity contribution in [1.82, 2.24) is 14.5 Å². The van der Waals surface area contributed by atoms with Crippen molar-refractivity contribution in [2.75, 3.05) is 5.32 Å². The molecule has 0 radical (unpaired) electrons. The number of imidazole rings is 1. The van der Waals surface area contributed by atoms with Crippen molar-refractivity contribution in [1.29, 1.82) is 0 Å². The lowest BCUT2D eigenvalue weighted by atomic mass is 10.1. The summed E-state index contributed by atoms with van der Waals surface area (Å²) in [4.78, 5) is 21.2. The molecule has 0 aliphatic heterocycles. The molecule has 26 heavy (non-hydrogen) atoms. The van der Waals surface area contributed by atoms with E-state index in [1.54, 1.807) is 6.33 Å². The third kappa shape index (κ3) is 3.32. The van der Waals surface area contributed by atoms with Gasteiger partial charge in [0.1, 0.15) is 6.54 Å². The highest BCUT2D eigenvalue weighted by Gasteiger charge is 2.08. The first-order valence-corrected chi connectivity index (χ1v) is 8.42. The van der Waals surface area contributed by atoms with Crippen molar-refractivity contribution >= 4 is 22.6 Å². The summed E-state index contributed by atoms with van der Waals surface area (Å²) in [7, 11) is 0. The predicted molar refractivity (Wildman–Crippen MR) is 103 cm³/mol. The number of para-hydroxylation sites is 2. The number of anilines is 1. The molecular weight excluding hydrogens is 324 g/mol. The smallest absolute Gasteiger partial charge is 0.244 e. The number of aryl methyl sites for hydroxylation is 1. The van der Waals surface area contributed by atoms with Crippen molar-refractivity contribution in [3.05, 3.63) is 78.8 Å². The van der Waals surface area contributed by atoms with Crippen LogP contribution in [-0.4, -0.2) is 20.4 Å². The second-order valence-corrected chi connectivity index (χ2v) is 6.21. The summed E-state index contributed by atoms with van der Waals surface area (Å²) < 4.78 is 1.84. The van der Waals surface area contributed by atoms with Gasteiger partial charge in [-0.25, -0.2) is 4.98 Å². The molecule has 2 heterocycles. The zero-order chi connectivity index (χ0) is 17.9. The lowest BCUT2D eigenvalue weighted by Crippen LogP contribution is -2.18. The van der Waals surface area contributed by atoms with Crippen LogP contribution in [-0.2, 0) is 11.3 Å². The molecule has 0 saturated heterocycles. The summed E-state index contributed by atoms with van der Waals surface area (Å²) in [5, 5.41) is 2.95. The molecule has 5 nitrogen and oxygen atoms in total. The Morgan fingerprint density at radius 3 is 2.77 bits per heavy atom. The molecule has 2 aromatic carbocycles. The second-order valence-electron chi connectivity index (χ2n) is 6.21. The van der Waals surface area contributed by atoms with Crippen LogP contribution in [0.25, 0.3) is 22.3 Å². The maximum Gasteiger partial charge on any atom is 0.244 e. The Labute approximate surface area is 151 Å². The van der Waals surface area contributed by atoms with Gasteiger partial charge in [-0.2, -0.15) is 0 Å². The maximum atomic E-state index is 12.4. The summed E-state index contributed by atoms with van der Waals surface area (Å²) in [6.45, 7) is 2.22. The first-order chi connectivity index (χ1) is 12.7. The topological polar surface area (TPSA) is 59.8 Å². The molecule has 0 atom stereocenters. The Morgan fingerprint density at radius 2 is 1.92 bits per heavy atom. The second kappa shape index (κ2) is 6.80. The van der Waals surface area contributed by atoms with E-state index in [0.29, 0.717) is 0 Å². The van der Waals surface area contributed by atoms with Crippen LogP contribution in [0.2, 0.25) is 0 Å². The van der Waals surface area contributed by atoms with Crippen molar-refractivity contribution < 1.29 is 4.79 Å². The molecule has 0 saturated carbocycles. The minimum absolute atomic E-state index is 0.0952. The number of pyridine rings is 1. The number of hydrogen-bond donors (Lipinski definition) is 1. The van der Waals surface area contributed by atoms with Gasteiger partial charge in [-0.05, 0) is 42.8 Å². The van der Waals surface area contributed by atoms with Gasteiger partial charge >= 0.3 is 0 Å². The predicted octanol–water partition coefficient (Wildman–Crippen LogP) is 4.05. The van der Waals surface area contributed by atoms with Crippen LogP contribution in [0, 0.1) is 6.92 Å². The standard InChI is InChI=1S/C21H18N4O/c1-15-9-10-18(22-12-15)16-5-4-6-17(11-16)24-21(26)13-25-14-23-19-7-2-3-8-20(19)25/h2-12,14H,13H2,1H3,(H,24,26). The minimum Gasteiger partial charge on any atom is -0.325 e. The Balaban J connectivity index is 1.51. The number of amides is 1. The molecule has 4 rings (SSSR count). The molecular formula is C21H18N4O. The summed E-state index contributed by atoms with van der Waals surface area (Å²) in [6.07, 6.45) is 3.53. The molecule has 1 N–H and O–H groups in total. The van der Waals surface area contributed by atoms with Crippen molar-refractivity contribution in [3.63, 3.8) is 0 Å². The highest BCUT2D eigenvalue weighted by Crippen LogP contribution is 2.21. The average molecular weight is 342 g/mol. The lowest BCUT2D eigenvalue weighted by molar-refractivity contribution is -0.116. The molecule has 0 unspecified atom stereocenters. The Kier molecular flexibility index (Phi) is 4.19. The van der Waals surface area contributed by atoms with E-state index in [4.69, 9.17) is 0 Å². The van der Waals surface area contributed by atoms with Crippen molar-refractivity contribution in [3.8, 4) is 11.3 Å². The zero-order valence-corrected chi connectivity index (χ0v) is 14.4. The Morgan fingerprint density at radius 1 is 1.04 bits per heavy atom. The number of nitrogens with one attached hydrogen (secondary N) is 1. The van der Waals surface area contributed by atoms with E-state index >= 15 is 0 Å². The number of carbonyl (C=O) groups excluding carboxylic acids is 1. The van der Waals surface area contributed by atoms with E-state index in [1.165, 1.54) is 0 Å². The highest BCUT2D eigenvalue weighted by atomic mass is 16.1. The van der Waals surface area contributed by atoms with E-state index in [0.717, 1.165) is 33.5 Å². The largest absolute Gasteiger partial charge is 0.325 e. The molecule has 0 fully saturated rings. The lowest BCUT2D eigenvalue weighted by Gasteiger charge is -2.09. The fourth-order valence-corrected chi connectivity index (χ4v) is 2.89. The molecule has 0 aliphatic rings. The van der Waals surface area contributed by atoms with Crippen LogP contribution in [0.4, 0.5) is 5.69 Å². The van der Waals surface area contributed by atoms with Gasteiger partial charge in [0.05, 0.1) is 23.1 Å². The molecule has 0 aliphatic carbocycles. The van der Waals surface area contributed by atoms with E-state index < -0.39 is 0 Å². The van der Waals surface area contributed by atoms with Gasteiger partial charge in [0.15, 0.2) is 0 Å². The number of carbonyl (C=O) groups is 1. The molecule has 2 aromatic heterocycles. The van der Waals surface area contributed by atoms with E-state index in [1.807, 2.05) is 78.4 Å². The molecule has 0 spiro atoms. The maximum absolute atomic E-state index is 12.4. The van der Waals surface area contributed by atoms with Gasteiger partial charge in [-0.3, -0.25) is 9.78 Å². The number of nitrogens with zero attached hydrogens (tertiary/aromatic N) is 3. The number of benzene rings is 2. The van der Waals surface area contributed by atoms with Crippen LogP contribution in [0.5, 0.6) is 0 Å². The van der Waals surface area contributed by atoms with Gasteiger partial charge in [-0.15, -0.1) is 0 Å². The quantitative estimate of drug-likeness (QED) is 0.609. The first kappa shape index (κ1) is 16.0. The highest BCUT2D eigenvalue weighted by molar-refractivity contribution is 5.92. The van der Waals surface area contributed by atoms with Gasteiger partial charge in [0.2, 0.25) is 5.91 Å². The fourth-order valence-electron chi connectivity index (χ4n) is 2.89. The van der Waals surface area contributed by atoms with Gasteiger partial charge in [0, 0.05) is 17.4 Å². The normalized spacial score (nSPS) is 10.8. The van der Waals surface area contributed by atoms with E-state index in [9.17, 15) is 4.79 Å². The van der Waals surface area contributed by atoms with Crippen LogP contribution in [0.15, 0.2) is 73.2 Å². The average Bonchev–Trinajstić information content (AvgIpc) is 3.05. The zero-order valence-electron chi connectivity index (χ0n) is 14.4. The Bertz CT molecular complexity index is 1070. The fraction of sp³-hybridized carbons (Fsp3) is 0.0952. The molecule has 1 amide bonds. The Hall–Kier alpha value is -3.47. The molecule has 0 bridgehead atoms. The summed E-state index contributed by atoms with van der Waals surface area (Å²) >= 11 is 0. The van der Waals surface area contributed by atoms with Crippen molar-refractivity contribution in [2.24, 2.45) is 0 Å². The van der Waals surface area contributed by atoms with E-state index in [2.05, 4.69) is 15.3 Å². The summed E-state index contributed by atoms with van der Waals surface area (Å²) in [5.74, 6) is -0.0952. The van der Waals surface area contributed by atoms with Crippen LogP contribution in [0.3, 0.4) is 0 Å². The number of aromatic nitrogens is 3. The molecule has 128 valence electrons. The molecule has 5 heteroatoms. The third-order valence-corrected chi connectivity index (χ3v) is 4.19. The summed E-state index contributed by atoms with van der Waals surface area (Å²) in [6, 6.07) is 19.5. The monoisotopic (exact) mass is 342 g/mol. The third-order valence-electron chi connectivity index (χ3n) is 4.19. The number of rotatable bonds is 4. The van der Waals surface area contributed by atoms with Gasteiger partial charge in [-0.1, -0.05) is 30.3 Å². The first-order valence-electron chi connectivity index (χ1n) is 8.42. The number of fused-ring (bicyclic) bond motifs is 1. The minimum atomic E-state index is -0.0952. The van der Waals surface area contributed by atoms with E-state index in [-0.39, 0.29) is 12.5 Å². The summed E-state index contributed by atoms with van der Waals surface area (Å²) in [5.41, 5.74) is 5.54.